The number of rotatable bonds is 6. The molecule has 1 aromatic carbocycles. The highest BCUT2D eigenvalue weighted by Gasteiger charge is 2.17. The van der Waals surface area contributed by atoms with Gasteiger partial charge >= 0.3 is 0 Å². The van der Waals surface area contributed by atoms with Crippen LogP contribution in [-0.4, -0.2) is 71.7 Å². The minimum absolute atomic E-state index is 0.143. The van der Waals surface area contributed by atoms with Crippen LogP contribution in [0.25, 0.3) is 56.0 Å². The molecule has 6 aromatic rings. The van der Waals surface area contributed by atoms with Gasteiger partial charge in [0.15, 0.2) is 17.1 Å². The Hall–Kier alpha value is -5.23. The molecular weight excluding hydrogens is 501 g/mol. The second kappa shape index (κ2) is 9.58. The smallest absolute Gasteiger partial charge is 0.238 e. The molecule has 0 aliphatic heterocycles. The van der Waals surface area contributed by atoms with E-state index < -0.39 is 5.82 Å². The zero-order chi connectivity index (χ0) is 27.1. The van der Waals surface area contributed by atoms with Crippen LogP contribution in [0.4, 0.5) is 10.1 Å². The number of aromatic nitrogens is 7. The van der Waals surface area contributed by atoms with Crippen LogP contribution in [0, 0.1) is 5.82 Å². The average molecular weight is 524 g/mol. The summed E-state index contributed by atoms with van der Waals surface area (Å²) in [5, 5.41) is 20.7. The Morgan fingerprint density at radius 1 is 1.03 bits per heavy atom. The zero-order valence-electron chi connectivity index (χ0n) is 20.9. The zero-order valence-corrected chi connectivity index (χ0v) is 20.9. The van der Waals surface area contributed by atoms with Crippen molar-refractivity contribution < 1.29 is 14.3 Å². The van der Waals surface area contributed by atoms with Crippen molar-refractivity contribution in [1.82, 2.24) is 40.0 Å². The van der Waals surface area contributed by atoms with E-state index in [2.05, 4.69) is 40.4 Å². The third-order valence-electron chi connectivity index (χ3n) is 6.05. The fraction of sp³-hybridized carbons (Fsp3) is 0.111. The van der Waals surface area contributed by atoms with E-state index in [1.807, 2.05) is 26.2 Å². The number of carbonyl (C=O) groups excluding carboxylic acids is 1. The number of phenolic OH excluding ortho intramolecular Hbond substituents is 1. The highest BCUT2D eigenvalue weighted by Crippen LogP contribution is 2.33. The van der Waals surface area contributed by atoms with E-state index in [4.69, 9.17) is 0 Å². The number of likely N-dealkylation sites (N-methyl/N-ethyl adjacent to an activating group) is 1. The first-order chi connectivity index (χ1) is 18.8. The second-order valence-corrected chi connectivity index (χ2v) is 9.28. The van der Waals surface area contributed by atoms with Crippen molar-refractivity contribution in [3.8, 4) is 39.5 Å². The number of H-pyrrole nitrogens is 2. The van der Waals surface area contributed by atoms with E-state index >= 15 is 0 Å². The highest BCUT2D eigenvalue weighted by atomic mass is 19.1. The summed E-state index contributed by atoms with van der Waals surface area (Å²) in [7, 11) is 3.64. The number of phenols is 1. The Labute approximate surface area is 220 Å². The van der Waals surface area contributed by atoms with Crippen molar-refractivity contribution in [1.29, 1.82) is 0 Å². The van der Waals surface area contributed by atoms with Gasteiger partial charge < -0.3 is 20.3 Å². The number of nitrogens with zero attached hydrogens (tertiary/aromatic N) is 6. The lowest BCUT2D eigenvalue weighted by Crippen LogP contribution is -2.27. The second-order valence-electron chi connectivity index (χ2n) is 9.28. The van der Waals surface area contributed by atoms with Crippen LogP contribution in [0.3, 0.4) is 0 Å². The fourth-order valence-electron chi connectivity index (χ4n) is 4.39. The minimum atomic E-state index is -0.552. The summed E-state index contributed by atoms with van der Waals surface area (Å²) in [6.45, 7) is 0.255. The average Bonchev–Trinajstić information content (AvgIpc) is 3.51. The molecule has 5 heterocycles. The number of hydrogen-bond acceptors (Lipinski definition) is 8. The molecule has 0 unspecified atom stereocenters. The molecule has 0 saturated carbocycles. The van der Waals surface area contributed by atoms with Crippen LogP contribution in [0.15, 0.2) is 61.2 Å². The van der Waals surface area contributed by atoms with Crippen LogP contribution in [0.2, 0.25) is 0 Å². The van der Waals surface area contributed by atoms with Gasteiger partial charge in [0.25, 0.3) is 0 Å². The molecule has 5 aromatic heterocycles. The molecule has 12 heteroatoms. The van der Waals surface area contributed by atoms with Crippen molar-refractivity contribution in [2.75, 3.05) is 26.0 Å². The van der Waals surface area contributed by atoms with Gasteiger partial charge in [-0.2, -0.15) is 5.10 Å². The highest BCUT2D eigenvalue weighted by molar-refractivity contribution is 5.96. The number of carbonyl (C=O) groups is 1. The van der Waals surface area contributed by atoms with Gasteiger partial charge in [0, 0.05) is 41.3 Å². The molecule has 11 nitrogen and oxygen atoms in total. The molecule has 39 heavy (non-hydrogen) atoms. The first-order valence-corrected chi connectivity index (χ1v) is 11.9. The maximum atomic E-state index is 14.0. The van der Waals surface area contributed by atoms with Gasteiger partial charge in [-0.05, 0) is 50.0 Å². The molecule has 0 saturated heterocycles. The Morgan fingerprint density at radius 2 is 1.87 bits per heavy atom. The summed E-state index contributed by atoms with van der Waals surface area (Å²) >= 11 is 0. The number of nitrogens with one attached hydrogen (secondary N) is 3. The van der Waals surface area contributed by atoms with Gasteiger partial charge in [0.2, 0.25) is 5.91 Å². The number of hydrogen-bond donors (Lipinski definition) is 4. The number of benzene rings is 1. The molecule has 0 fully saturated rings. The largest absolute Gasteiger partial charge is 0.508 e. The van der Waals surface area contributed by atoms with E-state index in [1.165, 1.54) is 12.1 Å². The number of imidazole rings is 1. The first-order valence-electron chi connectivity index (χ1n) is 11.9. The third-order valence-corrected chi connectivity index (χ3v) is 6.05. The lowest BCUT2D eigenvalue weighted by atomic mass is 10.1. The van der Waals surface area contributed by atoms with Crippen LogP contribution >= 0.6 is 0 Å². The van der Waals surface area contributed by atoms with Gasteiger partial charge in [-0.25, -0.2) is 19.3 Å². The maximum absolute atomic E-state index is 14.0. The number of pyridine rings is 3. The van der Waals surface area contributed by atoms with Crippen molar-refractivity contribution in [2.45, 2.75) is 0 Å². The Bertz CT molecular complexity index is 1840. The van der Waals surface area contributed by atoms with Gasteiger partial charge in [-0.1, -0.05) is 0 Å². The number of amides is 1. The monoisotopic (exact) mass is 523 g/mol. The summed E-state index contributed by atoms with van der Waals surface area (Å²) < 4.78 is 14.0. The lowest BCUT2D eigenvalue weighted by Gasteiger charge is -2.10. The van der Waals surface area contributed by atoms with Crippen LogP contribution in [0.5, 0.6) is 5.75 Å². The van der Waals surface area contributed by atoms with Gasteiger partial charge in [-0.3, -0.25) is 14.9 Å². The van der Waals surface area contributed by atoms with Gasteiger partial charge in [0.1, 0.15) is 17.3 Å². The predicted molar refractivity (Wildman–Crippen MR) is 144 cm³/mol. The van der Waals surface area contributed by atoms with Crippen molar-refractivity contribution >= 4 is 33.8 Å². The Morgan fingerprint density at radius 3 is 2.69 bits per heavy atom. The number of fused-ring (bicyclic) bond motifs is 2. The van der Waals surface area contributed by atoms with E-state index in [-0.39, 0.29) is 18.2 Å². The standard InChI is InChI=1S/C27H22FN9O2/c1-37(2)13-22(39)32-18-6-15(10-29-12-18)16-8-21-24(35-36-25(21)31-11-16)27-33-23-20(3-4-30-26(23)34-27)14-5-17(28)9-19(38)7-14/h3-12,38H,13H2,1-2H3,(H,32,39)(H,30,33,34)(H,31,35,36). The minimum Gasteiger partial charge on any atom is -0.508 e. The van der Waals surface area contributed by atoms with E-state index in [9.17, 15) is 14.3 Å². The fourth-order valence-corrected chi connectivity index (χ4v) is 4.39. The summed E-state index contributed by atoms with van der Waals surface area (Å²) in [6.07, 6.45) is 6.54. The molecular formula is C27H22FN9O2. The molecule has 0 radical (unpaired) electrons. The predicted octanol–water partition coefficient (Wildman–Crippen LogP) is 3.97. The SMILES string of the molecule is CN(C)CC(=O)Nc1cncc(-c2cnc3n[nH]c(-c4nc5nccc(-c6cc(O)cc(F)c6)c5[nH]4)c3c2)c1. The quantitative estimate of drug-likeness (QED) is 0.256. The molecule has 0 spiro atoms. The molecule has 4 N–H and O–H groups in total. The van der Waals surface area contributed by atoms with E-state index in [0.717, 1.165) is 17.2 Å². The van der Waals surface area contributed by atoms with Crippen molar-refractivity contribution in [3.05, 3.63) is 67.0 Å². The number of anilines is 1. The summed E-state index contributed by atoms with van der Waals surface area (Å²) in [4.78, 5) is 34.9. The van der Waals surface area contributed by atoms with Gasteiger partial charge in [0.05, 0.1) is 29.3 Å². The first kappa shape index (κ1) is 24.1. The van der Waals surface area contributed by atoms with E-state index in [1.54, 1.807) is 35.8 Å². The van der Waals surface area contributed by atoms with Crippen LogP contribution in [-0.2, 0) is 4.79 Å². The number of aromatic hydroxyl groups is 1. The van der Waals surface area contributed by atoms with Crippen molar-refractivity contribution in [3.63, 3.8) is 0 Å². The lowest BCUT2D eigenvalue weighted by molar-refractivity contribution is -0.116. The summed E-state index contributed by atoms with van der Waals surface area (Å²) in [5.41, 5.74) is 5.30. The van der Waals surface area contributed by atoms with Crippen molar-refractivity contribution in [2.24, 2.45) is 0 Å². The molecule has 0 aliphatic rings. The molecule has 1 amide bonds. The van der Waals surface area contributed by atoms with E-state index in [0.29, 0.717) is 50.5 Å². The van der Waals surface area contributed by atoms with Crippen LogP contribution in [0.1, 0.15) is 0 Å². The maximum Gasteiger partial charge on any atom is 0.238 e. The normalized spacial score (nSPS) is 11.5. The molecule has 0 bridgehead atoms. The Balaban J connectivity index is 1.39. The molecule has 0 atom stereocenters. The van der Waals surface area contributed by atoms with Crippen LogP contribution < -0.4 is 5.32 Å². The topological polar surface area (TPSA) is 149 Å². The summed E-state index contributed by atoms with van der Waals surface area (Å²) in [5.74, 6) is -0.404. The molecule has 0 aliphatic carbocycles. The Kier molecular flexibility index (Phi) is 5.92. The third kappa shape index (κ3) is 4.76. The number of aromatic amines is 2. The number of halogens is 1. The summed E-state index contributed by atoms with van der Waals surface area (Å²) in [6, 6.07) is 9.32. The van der Waals surface area contributed by atoms with Gasteiger partial charge in [-0.15, -0.1) is 0 Å². The molecule has 6 rings (SSSR count). The molecule has 194 valence electrons.